The first-order valence-corrected chi connectivity index (χ1v) is 11.7. The number of benzene rings is 2. The minimum atomic E-state index is -3.81. The summed E-state index contributed by atoms with van der Waals surface area (Å²) < 4.78 is 40.8. The average Bonchev–Trinajstić information content (AvgIpc) is 2.77. The normalized spacial score (nSPS) is 25.3. The zero-order valence-electron chi connectivity index (χ0n) is 17.0. The van der Waals surface area contributed by atoms with Gasteiger partial charge in [0.1, 0.15) is 5.82 Å². The number of nitro benzene ring substituents is 1. The monoisotopic (exact) mass is 435 g/mol. The molecule has 1 aliphatic rings. The first-order chi connectivity index (χ1) is 14.1. The summed E-state index contributed by atoms with van der Waals surface area (Å²) in [5.41, 5.74) is -0.565. The number of hydrogen-bond donors (Lipinski definition) is 1. The summed E-state index contributed by atoms with van der Waals surface area (Å²) in [7, 11) is -3.81. The third-order valence-corrected chi connectivity index (χ3v) is 8.23. The Morgan fingerprint density at radius 3 is 2.60 bits per heavy atom. The van der Waals surface area contributed by atoms with Crippen molar-refractivity contribution in [3.8, 4) is 0 Å². The number of fused-ring (bicyclic) bond motifs is 1. The van der Waals surface area contributed by atoms with Crippen LogP contribution in [0, 0.1) is 21.3 Å². The van der Waals surface area contributed by atoms with Gasteiger partial charge in [-0.3, -0.25) is 10.1 Å². The van der Waals surface area contributed by atoms with Crippen LogP contribution in [0.5, 0.6) is 0 Å². The molecule has 0 saturated heterocycles. The quantitative estimate of drug-likeness (QED) is 0.406. The van der Waals surface area contributed by atoms with Crippen molar-refractivity contribution in [1.82, 2.24) is 0 Å². The summed E-state index contributed by atoms with van der Waals surface area (Å²) >= 11 is 0. The van der Waals surface area contributed by atoms with Crippen LogP contribution < -0.4 is 0 Å². The van der Waals surface area contributed by atoms with E-state index in [9.17, 15) is 28.0 Å². The van der Waals surface area contributed by atoms with Crippen molar-refractivity contribution in [3.05, 3.63) is 69.5 Å². The lowest BCUT2D eigenvalue weighted by molar-refractivity contribution is -0.384. The SMILES string of the molecule is CCCC[C@@]1(CC)CS(=O)(=O)c2ccc(F)cc2[C@@H](c2cccc([N+](=O)[O-])c2)[C@H]1O. The van der Waals surface area contributed by atoms with Gasteiger partial charge in [0.25, 0.3) is 5.69 Å². The van der Waals surface area contributed by atoms with Gasteiger partial charge >= 0.3 is 0 Å². The summed E-state index contributed by atoms with van der Waals surface area (Å²) in [6.07, 6.45) is 1.32. The first kappa shape index (κ1) is 22.4. The van der Waals surface area contributed by atoms with Crippen LogP contribution in [0.2, 0.25) is 0 Å². The molecule has 1 aliphatic heterocycles. The van der Waals surface area contributed by atoms with Gasteiger partial charge in [-0.15, -0.1) is 0 Å². The van der Waals surface area contributed by atoms with Crippen molar-refractivity contribution < 1.29 is 22.8 Å². The van der Waals surface area contributed by atoms with E-state index in [1.165, 1.54) is 24.3 Å². The molecule has 0 aromatic heterocycles. The van der Waals surface area contributed by atoms with Crippen LogP contribution in [0.4, 0.5) is 10.1 Å². The molecule has 3 rings (SSSR count). The molecular formula is C22H26FNO5S. The highest BCUT2D eigenvalue weighted by atomic mass is 32.2. The van der Waals surface area contributed by atoms with E-state index in [0.717, 1.165) is 25.0 Å². The van der Waals surface area contributed by atoms with E-state index in [4.69, 9.17) is 0 Å². The third kappa shape index (κ3) is 3.98. The summed E-state index contributed by atoms with van der Waals surface area (Å²) in [6, 6.07) is 9.25. The number of aliphatic hydroxyl groups excluding tert-OH is 1. The Morgan fingerprint density at radius 2 is 1.97 bits per heavy atom. The number of rotatable bonds is 6. The van der Waals surface area contributed by atoms with Crippen LogP contribution in [-0.2, 0) is 9.84 Å². The smallest absolute Gasteiger partial charge is 0.269 e. The Kier molecular flexibility index (Phi) is 6.29. The molecule has 6 nitrogen and oxygen atoms in total. The van der Waals surface area contributed by atoms with E-state index in [-0.39, 0.29) is 21.9 Å². The van der Waals surface area contributed by atoms with Crippen molar-refractivity contribution in [2.45, 2.75) is 56.4 Å². The molecule has 8 heteroatoms. The van der Waals surface area contributed by atoms with Crippen LogP contribution in [0.15, 0.2) is 47.4 Å². The van der Waals surface area contributed by atoms with Crippen molar-refractivity contribution in [1.29, 1.82) is 0 Å². The zero-order valence-corrected chi connectivity index (χ0v) is 17.9. The first-order valence-electron chi connectivity index (χ1n) is 10.1. The fourth-order valence-corrected chi connectivity index (χ4v) is 6.79. The number of non-ortho nitro benzene ring substituents is 1. The molecule has 0 fully saturated rings. The summed E-state index contributed by atoms with van der Waals surface area (Å²) in [5, 5.41) is 22.9. The summed E-state index contributed by atoms with van der Waals surface area (Å²) in [6.45, 7) is 3.83. The average molecular weight is 436 g/mol. The molecule has 2 aromatic rings. The minimum Gasteiger partial charge on any atom is -0.392 e. The Balaban J connectivity index is 2.31. The lowest BCUT2D eigenvalue weighted by Gasteiger charge is -2.39. The van der Waals surface area contributed by atoms with Crippen molar-refractivity contribution in [2.75, 3.05) is 5.75 Å². The van der Waals surface area contributed by atoms with Gasteiger partial charge in [0.2, 0.25) is 0 Å². The highest BCUT2D eigenvalue weighted by Crippen LogP contribution is 2.49. The van der Waals surface area contributed by atoms with Gasteiger partial charge in [0, 0.05) is 23.5 Å². The predicted molar refractivity (Wildman–Crippen MR) is 112 cm³/mol. The Labute approximate surface area is 175 Å². The summed E-state index contributed by atoms with van der Waals surface area (Å²) in [5.74, 6) is -1.77. The molecule has 0 amide bonds. The van der Waals surface area contributed by atoms with Gasteiger partial charge in [-0.1, -0.05) is 38.8 Å². The maximum Gasteiger partial charge on any atom is 0.269 e. The lowest BCUT2D eigenvalue weighted by Crippen LogP contribution is -2.42. The van der Waals surface area contributed by atoms with E-state index in [1.54, 1.807) is 6.07 Å². The van der Waals surface area contributed by atoms with Gasteiger partial charge in [-0.25, -0.2) is 12.8 Å². The van der Waals surface area contributed by atoms with Gasteiger partial charge in [0.15, 0.2) is 9.84 Å². The molecule has 3 atom stereocenters. The van der Waals surface area contributed by atoms with Gasteiger partial charge in [0.05, 0.1) is 21.7 Å². The van der Waals surface area contributed by atoms with Crippen LogP contribution in [-0.4, -0.2) is 30.3 Å². The van der Waals surface area contributed by atoms with Crippen LogP contribution >= 0.6 is 0 Å². The fraction of sp³-hybridized carbons (Fsp3) is 0.455. The maximum atomic E-state index is 14.2. The lowest BCUT2D eigenvalue weighted by atomic mass is 9.69. The van der Waals surface area contributed by atoms with E-state index >= 15 is 0 Å². The third-order valence-electron chi connectivity index (χ3n) is 6.24. The molecule has 30 heavy (non-hydrogen) atoms. The molecule has 2 aromatic carbocycles. The predicted octanol–water partition coefficient (Wildman–Crippen LogP) is 4.60. The largest absolute Gasteiger partial charge is 0.392 e. The number of sulfone groups is 1. The van der Waals surface area contributed by atoms with Crippen molar-refractivity contribution in [2.24, 2.45) is 5.41 Å². The molecule has 0 aliphatic carbocycles. The Hall–Kier alpha value is -2.32. The van der Waals surface area contributed by atoms with E-state index in [0.29, 0.717) is 18.4 Å². The Bertz CT molecular complexity index is 1060. The molecule has 1 heterocycles. The number of halogens is 1. The van der Waals surface area contributed by atoms with Gasteiger partial charge < -0.3 is 5.11 Å². The number of aliphatic hydroxyl groups is 1. The highest BCUT2D eigenvalue weighted by Gasteiger charge is 2.49. The fourth-order valence-electron chi connectivity index (χ4n) is 4.54. The topological polar surface area (TPSA) is 97.5 Å². The van der Waals surface area contributed by atoms with Crippen molar-refractivity contribution >= 4 is 15.5 Å². The molecule has 162 valence electrons. The van der Waals surface area contributed by atoms with E-state index in [1.807, 2.05) is 13.8 Å². The van der Waals surface area contributed by atoms with Crippen molar-refractivity contribution in [3.63, 3.8) is 0 Å². The second-order valence-corrected chi connectivity index (χ2v) is 9.99. The number of nitro groups is 1. The molecule has 1 N–H and O–H groups in total. The second-order valence-electron chi connectivity index (χ2n) is 8.04. The molecule has 0 unspecified atom stereocenters. The number of nitrogens with zero attached hydrogens (tertiary/aromatic N) is 1. The zero-order chi connectivity index (χ0) is 22.1. The Morgan fingerprint density at radius 1 is 1.23 bits per heavy atom. The van der Waals surface area contributed by atoms with Crippen LogP contribution in [0.25, 0.3) is 0 Å². The van der Waals surface area contributed by atoms with Crippen LogP contribution in [0.3, 0.4) is 0 Å². The highest BCUT2D eigenvalue weighted by molar-refractivity contribution is 7.91. The second kappa shape index (κ2) is 8.43. The standard InChI is InChI=1S/C22H26FNO5S/c1-3-5-11-22(4-2)14-30(28,29)19-10-9-16(23)13-18(19)20(21(22)25)15-7-6-8-17(12-15)24(26)27/h6-10,12-13,20-21,25H,3-5,11,14H2,1-2H3/t20-,21-,22+/m1/s1. The van der Waals surface area contributed by atoms with E-state index in [2.05, 4.69) is 0 Å². The molecular weight excluding hydrogens is 409 g/mol. The number of hydrogen-bond acceptors (Lipinski definition) is 5. The van der Waals surface area contributed by atoms with Gasteiger partial charge in [-0.2, -0.15) is 0 Å². The van der Waals surface area contributed by atoms with Gasteiger partial charge in [-0.05, 0) is 42.2 Å². The molecule has 0 spiro atoms. The maximum absolute atomic E-state index is 14.2. The molecule has 0 radical (unpaired) electrons. The number of unbranched alkanes of at least 4 members (excludes halogenated alkanes) is 1. The summed E-state index contributed by atoms with van der Waals surface area (Å²) in [4.78, 5) is 10.7. The molecule has 0 bridgehead atoms. The van der Waals surface area contributed by atoms with E-state index < -0.39 is 38.0 Å². The minimum absolute atomic E-state index is 0.0220. The molecule has 0 saturated carbocycles. The van der Waals surface area contributed by atoms with Crippen LogP contribution in [0.1, 0.15) is 56.6 Å².